The standard InChI is InChI=1S/C14H13FN2OS3/c15-10-3-1-9(2-4-10)11-7-21-14(16-11)17-13(18)12-8-19-5-6-20-12/h1-4,7,12H,5-6,8H2,(H,16,17,18). The highest BCUT2D eigenvalue weighted by molar-refractivity contribution is 8.07. The molecule has 2 aromatic rings. The molecule has 3 rings (SSSR count). The van der Waals surface area contributed by atoms with Crippen molar-refractivity contribution in [3.05, 3.63) is 35.5 Å². The third kappa shape index (κ3) is 3.78. The number of carbonyl (C=O) groups is 1. The van der Waals surface area contributed by atoms with Gasteiger partial charge in [-0.25, -0.2) is 9.37 Å². The molecule has 0 bridgehead atoms. The van der Waals surface area contributed by atoms with E-state index in [1.807, 2.05) is 17.1 Å². The zero-order valence-corrected chi connectivity index (χ0v) is 13.5. The fourth-order valence-corrected chi connectivity index (χ4v) is 5.19. The van der Waals surface area contributed by atoms with Gasteiger partial charge in [-0.2, -0.15) is 11.8 Å². The van der Waals surface area contributed by atoms with Gasteiger partial charge < -0.3 is 5.32 Å². The molecule has 1 fully saturated rings. The molecule has 1 N–H and O–H groups in total. The molecule has 1 aromatic heterocycles. The molecular formula is C14H13FN2OS3. The Balaban J connectivity index is 1.67. The van der Waals surface area contributed by atoms with Crippen molar-refractivity contribution in [3.63, 3.8) is 0 Å². The van der Waals surface area contributed by atoms with Crippen LogP contribution in [0, 0.1) is 5.82 Å². The average Bonchev–Trinajstić information content (AvgIpc) is 2.97. The summed E-state index contributed by atoms with van der Waals surface area (Å²) < 4.78 is 12.9. The number of thiazole rings is 1. The van der Waals surface area contributed by atoms with Crippen LogP contribution in [-0.2, 0) is 4.79 Å². The number of halogens is 1. The van der Waals surface area contributed by atoms with Crippen LogP contribution in [0.4, 0.5) is 9.52 Å². The summed E-state index contributed by atoms with van der Waals surface area (Å²) in [5, 5.41) is 5.33. The lowest BCUT2D eigenvalue weighted by atomic mass is 10.2. The van der Waals surface area contributed by atoms with Gasteiger partial charge in [0, 0.05) is 28.2 Å². The van der Waals surface area contributed by atoms with Gasteiger partial charge in [0.05, 0.1) is 10.9 Å². The zero-order chi connectivity index (χ0) is 14.7. The van der Waals surface area contributed by atoms with Gasteiger partial charge in [-0.1, -0.05) is 0 Å². The number of nitrogens with zero attached hydrogens (tertiary/aromatic N) is 1. The minimum atomic E-state index is -0.269. The Hall–Kier alpha value is -1.05. The summed E-state index contributed by atoms with van der Waals surface area (Å²) >= 11 is 4.90. The lowest BCUT2D eigenvalue weighted by Crippen LogP contribution is -2.30. The molecule has 1 unspecified atom stereocenters. The van der Waals surface area contributed by atoms with Crippen LogP contribution in [0.25, 0.3) is 11.3 Å². The molecule has 1 aliphatic heterocycles. The predicted molar refractivity (Wildman–Crippen MR) is 89.7 cm³/mol. The molecule has 1 saturated heterocycles. The molecule has 7 heteroatoms. The molecule has 2 heterocycles. The number of aromatic nitrogens is 1. The van der Waals surface area contributed by atoms with Crippen molar-refractivity contribution in [2.24, 2.45) is 0 Å². The van der Waals surface area contributed by atoms with Crippen LogP contribution in [0.3, 0.4) is 0 Å². The Bertz CT molecular complexity index is 623. The summed E-state index contributed by atoms with van der Waals surface area (Å²) in [6.07, 6.45) is 0. The lowest BCUT2D eigenvalue weighted by molar-refractivity contribution is -0.115. The first-order chi connectivity index (χ1) is 10.2. The Labute approximate surface area is 134 Å². The zero-order valence-electron chi connectivity index (χ0n) is 11.0. The van der Waals surface area contributed by atoms with Gasteiger partial charge in [0.25, 0.3) is 0 Å². The number of carbonyl (C=O) groups excluding carboxylic acids is 1. The fraction of sp³-hybridized carbons (Fsp3) is 0.286. The van der Waals surface area contributed by atoms with E-state index in [4.69, 9.17) is 0 Å². The highest BCUT2D eigenvalue weighted by Gasteiger charge is 2.22. The van der Waals surface area contributed by atoms with E-state index in [1.54, 1.807) is 23.9 Å². The SMILES string of the molecule is O=C(Nc1nc(-c2ccc(F)cc2)cs1)C1CSCCS1. The first-order valence-corrected chi connectivity index (χ1v) is 9.52. The van der Waals surface area contributed by atoms with Gasteiger partial charge in [0.15, 0.2) is 5.13 Å². The van der Waals surface area contributed by atoms with E-state index in [9.17, 15) is 9.18 Å². The molecule has 0 radical (unpaired) electrons. The molecule has 0 saturated carbocycles. The molecule has 1 amide bonds. The number of nitrogens with one attached hydrogen (secondary N) is 1. The van der Waals surface area contributed by atoms with Crippen molar-refractivity contribution in [1.82, 2.24) is 4.98 Å². The minimum absolute atomic E-state index is 0.00178. The van der Waals surface area contributed by atoms with Crippen LogP contribution in [0.2, 0.25) is 0 Å². The Kier molecular flexibility index (Phi) is 4.82. The van der Waals surface area contributed by atoms with E-state index in [-0.39, 0.29) is 17.0 Å². The van der Waals surface area contributed by atoms with E-state index in [1.165, 1.54) is 23.5 Å². The van der Waals surface area contributed by atoms with Crippen LogP contribution < -0.4 is 5.32 Å². The molecule has 21 heavy (non-hydrogen) atoms. The highest BCUT2D eigenvalue weighted by atomic mass is 32.2. The van der Waals surface area contributed by atoms with E-state index < -0.39 is 0 Å². The van der Waals surface area contributed by atoms with Crippen molar-refractivity contribution < 1.29 is 9.18 Å². The van der Waals surface area contributed by atoms with Crippen LogP contribution >= 0.6 is 34.9 Å². The molecular weight excluding hydrogens is 327 g/mol. The number of hydrogen-bond acceptors (Lipinski definition) is 5. The summed E-state index contributed by atoms with van der Waals surface area (Å²) in [6, 6.07) is 6.18. The number of thioether (sulfide) groups is 2. The number of amides is 1. The van der Waals surface area contributed by atoms with E-state index in [0.29, 0.717) is 5.13 Å². The minimum Gasteiger partial charge on any atom is -0.301 e. The predicted octanol–water partition coefficient (Wildman–Crippen LogP) is 3.74. The number of benzene rings is 1. The number of rotatable bonds is 3. The van der Waals surface area contributed by atoms with Gasteiger partial charge in [0.2, 0.25) is 5.91 Å². The fourth-order valence-electron chi connectivity index (χ4n) is 1.91. The molecule has 3 nitrogen and oxygen atoms in total. The molecule has 1 aliphatic rings. The van der Waals surface area contributed by atoms with Gasteiger partial charge >= 0.3 is 0 Å². The van der Waals surface area contributed by atoms with Gasteiger partial charge in [-0.3, -0.25) is 4.79 Å². The Morgan fingerprint density at radius 1 is 1.29 bits per heavy atom. The van der Waals surface area contributed by atoms with Crippen LogP contribution in [0.1, 0.15) is 0 Å². The second kappa shape index (κ2) is 6.81. The summed E-state index contributed by atoms with van der Waals surface area (Å²) in [4.78, 5) is 16.5. The normalized spacial score (nSPS) is 18.4. The second-order valence-corrected chi connectivity index (χ2v) is 7.79. The monoisotopic (exact) mass is 340 g/mol. The van der Waals surface area contributed by atoms with Crippen molar-refractivity contribution in [1.29, 1.82) is 0 Å². The molecule has 0 aliphatic carbocycles. The summed E-state index contributed by atoms with van der Waals surface area (Å²) in [6.45, 7) is 0. The van der Waals surface area contributed by atoms with Crippen molar-refractivity contribution in [3.8, 4) is 11.3 Å². The Morgan fingerprint density at radius 2 is 2.10 bits per heavy atom. The number of hydrogen-bond donors (Lipinski definition) is 1. The topological polar surface area (TPSA) is 42.0 Å². The maximum absolute atomic E-state index is 12.9. The van der Waals surface area contributed by atoms with Gasteiger partial charge in [-0.05, 0) is 24.3 Å². The van der Waals surface area contributed by atoms with E-state index >= 15 is 0 Å². The maximum Gasteiger partial charge on any atom is 0.240 e. The molecule has 1 atom stereocenters. The van der Waals surface area contributed by atoms with E-state index in [2.05, 4.69) is 10.3 Å². The highest BCUT2D eigenvalue weighted by Crippen LogP contribution is 2.28. The van der Waals surface area contributed by atoms with Gasteiger partial charge in [0.1, 0.15) is 5.82 Å². The van der Waals surface area contributed by atoms with Crippen LogP contribution in [0.15, 0.2) is 29.6 Å². The molecule has 110 valence electrons. The first-order valence-electron chi connectivity index (χ1n) is 6.44. The smallest absolute Gasteiger partial charge is 0.240 e. The maximum atomic E-state index is 12.9. The number of anilines is 1. The molecule has 0 spiro atoms. The third-order valence-corrected chi connectivity index (χ3v) is 6.49. The summed E-state index contributed by atoms with van der Waals surface area (Å²) in [5.74, 6) is 2.73. The Morgan fingerprint density at radius 3 is 2.81 bits per heavy atom. The van der Waals surface area contributed by atoms with E-state index in [0.717, 1.165) is 28.5 Å². The van der Waals surface area contributed by atoms with Crippen LogP contribution in [-0.4, -0.2) is 33.4 Å². The lowest BCUT2D eigenvalue weighted by Gasteiger charge is -2.19. The molecule has 1 aromatic carbocycles. The second-order valence-electron chi connectivity index (χ2n) is 4.47. The third-order valence-electron chi connectivity index (χ3n) is 2.98. The summed E-state index contributed by atoms with van der Waals surface area (Å²) in [5.41, 5.74) is 1.59. The quantitative estimate of drug-likeness (QED) is 0.924. The first kappa shape index (κ1) is 14.9. The van der Waals surface area contributed by atoms with Crippen molar-refractivity contribution in [2.45, 2.75) is 5.25 Å². The van der Waals surface area contributed by atoms with Crippen molar-refractivity contribution >= 4 is 45.9 Å². The summed E-state index contributed by atoms with van der Waals surface area (Å²) in [7, 11) is 0. The van der Waals surface area contributed by atoms with Gasteiger partial charge in [-0.15, -0.1) is 23.1 Å². The van der Waals surface area contributed by atoms with Crippen molar-refractivity contribution in [2.75, 3.05) is 22.6 Å². The largest absolute Gasteiger partial charge is 0.301 e. The van der Waals surface area contributed by atoms with Crippen LogP contribution in [0.5, 0.6) is 0 Å². The average molecular weight is 340 g/mol.